The summed E-state index contributed by atoms with van der Waals surface area (Å²) < 4.78 is 16.9. The predicted octanol–water partition coefficient (Wildman–Crippen LogP) is 0.548. The van der Waals surface area contributed by atoms with Crippen LogP contribution in [0.4, 0.5) is 0 Å². The number of amides is 1. The lowest BCUT2D eigenvalue weighted by Gasteiger charge is -2.30. The van der Waals surface area contributed by atoms with Gasteiger partial charge in [0.15, 0.2) is 0 Å². The van der Waals surface area contributed by atoms with E-state index in [0.29, 0.717) is 56.2 Å². The second kappa shape index (κ2) is 10.3. The van der Waals surface area contributed by atoms with Gasteiger partial charge in [0, 0.05) is 12.0 Å². The van der Waals surface area contributed by atoms with E-state index in [-0.39, 0.29) is 11.7 Å². The summed E-state index contributed by atoms with van der Waals surface area (Å²) in [5.74, 6) is -0.376. The van der Waals surface area contributed by atoms with Gasteiger partial charge in [-0.15, -0.1) is 0 Å². The highest BCUT2D eigenvalue weighted by molar-refractivity contribution is 6.46. The molecule has 2 unspecified atom stereocenters. The number of nitrogens with one attached hydrogen (secondary N) is 1. The number of nitrogens with zero attached hydrogens (tertiary/aromatic N) is 1. The van der Waals surface area contributed by atoms with E-state index in [2.05, 4.69) is 0 Å². The molecule has 3 heterocycles. The Bertz CT molecular complexity index is 1190. The molecule has 8 nitrogen and oxygen atoms in total. The van der Waals surface area contributed by atoms with Gasteiger partial charge in [-0.25, -0.2) is 0 Å². The number of benzene rings is 2. The first-order valence-corrected chi connectivity index (χ1v) is 12.7. The minimum atomic E-state index is -0.762. The number of fused-ring (bicyclic) bond motifs is 1. The van der Waals surface area contributed by atoms with E-state index in [4.69, 9.17) is 14.2 Å². The number of hydrogen-bond donors (Lipinski definition) is 1. The second-order valence-electron chi connectivity index (χ2n) is 9.55. The highest BCUT2D eigenvalue weighted by atomic mass is 16.5. The molecule has 0 aliphatic carbocycles. The lowest BCUT2D eigenvalue weighted by molar-refractivity contribution is -0.907. The van der Waals surface area contributed by atoms with Crippen molar-refractivity contribution in [3.8, 4) is 11.5 Å². The lowest BCUT2D eigenvalue weighted by atomic mass is 9.94. The zero-order chi connectivity index (χ0) is 25.2. The van der Waals surface area contributed by atoms with E-state index in [9.17, 15) is 14.7 Å². The molecule has 0 spiro atoms. The minimum absolute atomic E-state index is 0.00228. The van der Waals surface area contributed by atoms with Gasteiger partial charge in [0.2, 0.25) is 5.78 Å². The van der Waals surface area contributed by atoms with Crippen LogP contribution in [0.5, 0.6) is 11.5 Å². The molecular formula is C28H32N2O6. The maximum absolute atomic E-state index is 13.8. The summed E-state index contributed by atoms with van der Waals surface area (Å²) in [5.41, 5.74) is 2.03. The summed E-state index contributed by atoms with van der Waals surface area (Å²) in [6.45, 7) is 8.47. The average molecular weight is 493 g/mol. The fourth-order valence-corrected chi connectivity index (χ4v) is 5.30. The summed E-state index contributed by atoms with van der Waals surface area (Å²) in [6, 6.07) is 11.8. The summed E-state index contributed by atoms with van der Waals surface area (Å²) in [6.07, 6.45) is 0.743. The zero-order valence-corrected chi connectivity index (χ0v) is 20.7. The third kappa shape index (κ3) is 4.70. The number of quaternary nitrogens is 1. The van der Waals surface area contributed by atoms with Crippen molar-refractivity contribution in [3.63, 3.8) is 0 Å². The molecule has 0 saturated carbocycles. The molecule has 2 fully saturated rings. The molecule has 1 amide bonds. The molecule has 5 rings (SSSR count). The van der Waals surface area contributed by atoms with Crippen LogP contribution in [0, 0.1) is 0 Å². The Balaban J connectivity index is 1.54. The summed E-state index contributed by atoms with van der Waals surface area (Å²) in [7, 11) is 0. The quantitative estimate of drug-likeness (QED) is 0.345. The summed E-state index contributed by atoms with van der Waals surface area (Å²) in [5, 5.41) is 13.8. The number of carbonyl (C=O) groups excluding carboxylic acids is 2. The van der Waals surface area contributed by atoms with Crippen LogP contribution in [0.2, 0.25) is 0 Å². The minimum Gasteiger partial charge on any atom is -0.872 e. The van der Waals surface area contributed by atoms with Gasteiger partial charge < -0.3 is 29.1 Å². The molecule has 0 aromatic heterocycles. The number of ketones is 1. The molecule has 2 atom stereocenters. The molecule has 2 aromatic rings. The number of ether oxygens (including phenoxy) is 3. The Hall–Kier alpha value is -3.36. The number of likely N-dealkylation sites (tertiary alicyclic amines) is 1. The van der Waals surface area contributed by atoms with Crippen LogP contribution in [0.3, 0.4) is 0 Å². The fraction of sp³-hybridized carbons (Fsp3) is 0.429. The third-order valence-corrected chi connectivity index (χ3v) is 7.08. The first kappa shape index (κ1) is 24.3. The van der Waals surface area contributed by atoms with Crippen molar-refractivity contribution in [2.45, 2.75) is 32.4 Å². The van der Waals surface area contributed by atoms with Crippen LogP contribution in [0.25, 0.3) is 5.76 Å². The van der Waals surface area contributed by atoms with Crippen molar-refractivity contribution in [1.29, 1.82) is 0 Å². The van der Waals surface area contributed by atoms with Gasteiger partial charge in [-0.2, -0.15) is 0 Å². The molecule has 2 saturated heterocycles. The van der Waals surface area contributed by atoms with E-state index in [1.165, 1.54) is 4.90 Å². The Labute approximate surface area is 211 Å². The number of hydrogen-bond acceptors (Lipinski definition) is 6. The van der Waals surface area contributed by atoms with Crippen molar-refractivity contribution in [2.75, 3.05) is 46.0 Å². The fourth-order valence-electron chi connectivity index (χ4n) is 5.30. The molecule has 0 radical (unpaired) electrons. The Morgan fingerprint density at radius 3 is 2.75 bits per heavy atom. The van der Waals surface area contributed by atoms with Crippen LogP contribution < -0.4 is 19.5 Å². The zero-order valence-electron chi connectivity index (χ0n) is 20.7. The van der Waals surface area contributed by atoms with Crippen LogP contribution in [0.1, 0.15) is 36.6 Å². The van der Waals surface area contributed by atoms with Gasteiger partial charge in [-0.3, -0.25) is 9.59 Å². The molecule has 1 N–H and O–H groups in total. The van der Waals surface area contributed by atoms with Crippen molar-refractivity contribution >= 4 is 17.4 Å². The lowest BCUT2D eigenvalue weighted by Crippen LogP contribution is -3.14. The molecule has 190 valence electrons. The number of rotatable bonds is 7. The van der Waals surface area contributed by atoms with E-state index in [1.54, 1.807) is 23.1 Å². The predicted molar refractivity (Wildman–Crippen MR) is 131 cm³/mol. The topological polar surface area (TPSA) is 92.6 Å². The standard InChI is InChI=1S/C28H32N2O6/c1-3-35-22-6-4-5-19(17-22)25-24(26(31)20-7-8-23-21(16-20)15-18(2)36-23)27(32)28(33)30(25)10-9-29-11-13-34-14-12-29/h4-8,16-18,25,31H,3,9-15H2,1-2H3. The van der Waals surface area contributed by atoms with Crippen LogP contribution in [-0.4, -0.2) is 68.7 Å². The molecule has 3 aliphatic rings. The SMILES string of the molecule is CCOc1cccc(C2C(=C([O-])c3ccc4c(c3)CC(C)O4)C(=O)C(=O)N2CC[NH+]2CCOCC2)c1. The molecule has 3 aliphatic heterocycles. The summed E-state index contributed by atoms with van der Waals surface area (Å²) >= 11 is 0. The number of morpholine rings is 1. The van der Waals surface area contributed by atoms with Gasteiger partial charge in [-0.1, -0.05) is 24.0 Å². The Morgan fingerprint density at radius 2 is 1.97 bits per heavy atom. The molecule has 2 aromatic carbocycles. The molecular weight excluding hydrogens is 460 g/mol. The normalized spacial score (nSPS) is 23.6. The van der Waals surface area contributed by atoms with Gasteiger partial charge >= 0.3 is 0 Å². The average Bonchev–Trinajstić information content (AvgIpc) is 3.38. The number of Topliss-reactive ketones (excluding diaryl/α,β-unsaturated/α-hetero) is 1. The smallest absolute Gasteiger partial charge is 0.295 e. The van der Waals surface area contributed by atoms with E-state index >= 15 is 0 Å². The monoisotopic (exact) mass is 492 g/mol. The first-order valence-electron chi connectivity index (χ1n) is 12.7. The maximum Gasteiger partial charge on any atom is 0.295 e. The van der Waals surface area contributed by atoms with Crippen molar-refractivity contribution in [1.82, 2.24) is 4.90 Å². The Morgan fingerprint density at radius 1 is 1.17 bits per heavy atom. The van der Waals surface area contributed by atoms with Gasteiger partial charge in [0.05, 0.1) is 39.0 Å². The number of carbonyl (C=O) groups is 2. The highest BCUT2D eigenvalue weighted by Gasteiger charge is 2.44. The second-order valence-corrected chi connectivity index (χ2v) is 9.55. The first-order chi connectivity index (χ1) is 17.5. The molecule has 0 bridgehead atoms. The van der Waals surface area contributed by atoms with E-state index in [1.807, 2.05) is 38.1 Å². The largest absolute Gasteiger partial charge is 0.872 e. The van der Waals surface area contributed by atoms with Crippen LogP contribution in [0.15, 0.2) is 48.0 Å². The van der Waals surface area contributed by atoms with Crippen LogP contribution >= 0.6 is 0 Å². The van der Waals surface area contributed by atoms with Gasteiger partial charge in [0.1, 0.15) is 30.7 Å². The van der Waals surface area contributed by atoms with E-state index < -0.39 is 23.5 Å². The van der Waals surface area contributed by atoms with Gasteiger partial charge in [-0.05, 0) is 54.8 Å². The van der Waals surface area contributed by atoms with Crippen LogP contribution in [-0.2, 0) is 20.7 Å². The molecule has 8 heteroatoms. The maximum atomic E-state index is 13.8. The third-order valence-electron chi connectivity index (χ3n) is 7.08. The highest BCUT2D eigenvalue weighted by Crippen LogP contribution is 2.40. The molecule has 36 heavy (non-hydrogen) atoms. The summed E-state index contributed by atoms with van der Waals surface area (Å²) in [4.78, 5) is 29.5. The van der Waals surface area contributed by atoms with E-state index in [0.717, 1.165) is 24.4 Å². The van der Waals surface area contributed by atoms with Gasteiger partial charge in [0.25, 0.3) is 5.91 Å². The van der Waals surface area contributed by atoms with Crippen molar-refractivity contribution < 1.29 is 33.8 Å². The Kier molecular flexibility index (Phi) is 6.98. The van der Waals surface area contributed by atoms with Crippen molar-refractivity contribution in [3.05, 3.63) is 64.7 Å². The van der Waals surface area contributed by atoms with Crippen molar-refractivity contribution in [2.24, 2.45) is 0 Å².